The molecule has 128 valence electrons. The van der Waals surface area contributed by atoms with Crippen molar-refractivity contribution in [2.24, 2.45) is 5.92 Å². The number of hydrogen-bond acceptors (Lipinski definition) is 6. The molecule has 8 nitrogen and oxygen atoms in total. The molecule has 0 radical (unpaired) electrons. The molecule has 0 unspecified atom stereocenters. The van der Waals surface area contributed by atoms with E-state index < -0.39 is 35.7 Å². The van der Waals surface area contributed by atoms with E-state index >= 15 is 0 Å². The van der Waals surface area contributed by atoms with Crippen molar-refractivity contribution in [1.29, 1.82) is 0 Å². The van der Waals surface area contributed by atoms with Crippen molar-refractivity contribution in [3.63, 3.8) is 0 Å². The second-order valence-electron chi connectivity index (χ2n) is 6.44. The van der Waals surface area contributed by atoms with E-state index in [9.17, 15) is 14.4 Å². The Kier molecular flexibility index (Phi) is 4.93. The maximum Gasteiger partial charge on any atom is 0.407 e. The molecule has 0 aliphatic carbocycles. The molecular formula is C15H22N2O6. The van der Waals surface area contributed by atoms with Crippen molar-refractivity contribution >= 4 is 18.0 Å². The summed E-state index contributed by atoms with van der Waals surface area (Å²) in [6.07, 6.45) is 2.15. The number of methoxy groups -OCH3 is 1. The van der Waals surface area contributed by atoms with Crippen LogP contribution in [0.15, 0.2) is 12.2 Å². The first-order valence-electron chi connectivity index (χ1n) is 7.39. The van der Waals surface area contributed by atoms with E-state index in [1.807, 2.05) is 0 Å². The predicted molar refractivity (Wildman–Crippen MR) is 79.5 cm³/mol. The maximum absolute atomic E-state index is 12.3. The van der Waals surface area contributed by atoms with Crippen LogP contribution in [0, 0.1) is 5.92 Å². The molecule has 1 fully saturated rings. The van der Waals surface area contributed by atoms with Crippen molar-refractivity contribution in [2.75, 3.05) is 13.7 Å². The first-order chi connectivity index (χ1) is 10.7. The average molecular weight is 326 g/mol. The lowest BCUT2D eigenvalue weighted by Crippen LogP contribution is -2.52. The maximum atomic E-state index is 12.3. The van der Waals surface area contributed by atoms with Gasteiger partial charge in [-0.2, -0.15) is 0 Å². The minimum absolute atomic E-state index is 0.230. The molecule has 2 rings (SSSR count). The monoisotopic (exact) mass is 326 g/mol. The van der Waals surface area contributed by atoms with E-state index in [-0.39, 0.29) is 18.6 Å². The van der Waals surface area contributed by atoms with Crippen LogP contribution in [0.3, 0.4) is 0 Å². The van der Waals surface area contributed by atoms with Gasteiger partial charge in [0.2, 0.25) is 5.91 Å². The molecule has 2 heterocycles. The van der Waals surface area contributed by atoms with Crippen molar-refractivity contribution in [3.8, 4) is 0 Å². The highest BCUT2D eigenvalue weighted by molar-refractivity contribution is 5.86. The summed E-state index contributed by atoms with van der Waals surface area (Å²) in [6.45, 7) is 5.03. The van der Waals surface area contributed by atoms with Gasteiger partial charge in [-0.3, -0.25) is 9.59 Å². The van der Waals surface area contributed by atoms with E-state index in [1.54, 1.807) is 32.9 Å². The topological polar surface area (TPSA) is 103 Å². The van der Waals surface area contributed by atoms with Crippen LogP contribution < -0.4 is 10.6 Å². The minimum Gasteiger partial charge on any atom is -0.468 e. The smallest absolute Gasteiger partial charge is 0.407 e. The van der Waals surface area contributed by atoms with Crippen LogP contribution in [-0.2, 0) is 23.8 Å². The normalized spacial score (nSPS) is 28.3. The SMILES string of the molecule is COC(=O)CNC(=O)[C@@H]1[C@H](NC(=O)OC(C)(C)C)[C@H]2C=C[C@@H]1O2. The number of esters is 1. The Morgan fingerprint density at radius 2 is 1.83 bits per heavy atom. The first kappa shape index (κ1) is 17.3. The Morgan fingerprint density at radius 3 is 2.43 bits per heavy atom. The molecule has 0 aromatic rings. The van der Waals surface area contributed by atoms with Gasteiger partial charge in [-0.15, -0.1) is 0 Å². The van der Waals surface area contributed by atoms with Crippen molar-refractivity contribution in [1.82, 2.24) is 10.6 Å². The molecule has 2 N–H and O–H groups in total. The van der Waals surface area contributed by atoms with Crippen LogP contribution in [0.25, 0.3) is 0 Å². The van der Waals surface area contributed by atoms with Gasteiger partial charge in [-0.25, -0.2) is 4.79 Å². The fraction of sp³-hybridized carbons (Fsp3) is 0.667. The van der Waals surface area contributed by atoms with Crippen LogP contribution in [-0.4, -0.2) is 55.5 Å². The molecule has 4 atom stereocenters. The largest absolute Gasteiger partial charge is 0.468 e. The quantitative estimate of drug-likeness (QED) is 0.562. The zero-order chi connectivity index (χ0) is 17.2. The molecule has 8 heteroatoms. The number of hydrogen-bond donors (Lipinski definition) is 2. The fourth-order valence-corrected chi connectivity index (χ4v) is 2.59. The third-order valence-corrected chi connectivity index (χ3v) is 3.52. The minimum atomic E-state index is -0.638. The standard InChI is InChI=1S/C15H22N2O6/c1-15(2,3)23-14(20)17-12-9-6-5-8(22-9)11(12)13(19)16-7-10(18)21-4/h5-6,8-9,11-12H,7H2,1-4H3,(H,16,19)(H,17,20)/t8-,9+,11-,12+/m0/s1. The summed E-state index contributed by atoms with van der Waals surface area (Å²) in [5.41, 5.74) is -0.638. The summed E-state index contributed by atoms with van der Waals surface area (Å²) in [7, 11) is 1.24. The summed E-state index contributed by atoms with van der Waals surface area (Å²) in [4.78, 5) is 35.4. The molecule has 0 aromatic heterocycles. The van der Waals surface area contributed by atoms with Gasteiger partial charge in [0.25, 0.3) is 0 Å². The van der Waals surface area contributed by atoms with Crippen LogP contribution in [0.4, 0.5) is 4.79 Å². The van der Waals surface area contributed by atoms with Crippen molar-refractivity contribution < 1.29 is 28.6 Å². The molecule has 2 amide bonds. The van der Waals surface area contributed by atoms with Crippen LogP contribution in [0.1, 0.15) is 20.8 Å². The summed E-state index contributed by atoms with van der Waals surface area (Å²) in [5, 5.41) is 5.18. The number of carbonyl (C=O) groups excluding carboxylic acids is 3. The number of amides is 2. The van der Waals surface area contributed by atoms with Crippen LogP contribution >= 0.6 is 0 Å². The number of fused-ring (bicyclic) bond motifs is 2. The number of carbonyl (C=O) groups is 3. The van der Waals surface area contributed by atoms with E-state index in [4.69, 9.17) is 9.47 Å². The van der Waals surface area contributed by atoms with Crippen molar-refractivity contribution in [2.45, 2.75) is 44.6 Å². The lowest BCUT2D eigenvalue weighted by molar-refractivity contribution is -0.141. The predicted octanol–water partition coefficient (Wildman–Crippen LogP) is 0.122. The zero-order valence-electron chi connectivity index (χ0n) is 13.6. The van der Waals surface area contributed by atoms with Crippen molar-refractivity contribution in [3.05, 3.63) is 12.2 Å². The van der Waals surface area contributed by atoms with Gasteiger partial charge < -0.3 is 24.8 Å². The zero-order valence-corrected chi connectivity index (χ0v) is 13.6. The Bertz CT molecular complexity index is 525. The molecule has 0 spiro atoms. The third-order valence-electron chi connectivity index (χ3n) is 3.52. The second kappa shape index (κ2) is 6.57. The van der Waals surface area contributed by atoms with Gasteiger partial charge in [-0.05, 0) is 20.8 Å². The van der Waals surface area contributed by atoms with Gasteiger partial charge in [0, 0.05) is 0 Å². The Hall–Kier alpha value is -2.09. The summed E-state index contributed by atoms with van der Waals surface area (Å²) >= 11 is 0. The third kappa shape index (κ3) is 4.22. The lowest BCUT2D eigenvalue weighted by Gasteiger charge is -2.27. The highest BCUT2D eigenvalue weighted by atomic mass is 16.6. The lowest BCUT2D eigenvalue weighted by atomic mass is 9.88. The average Bonchev–Trinajstić information content (AvgIpc) is 3.03. The summed E-state index contributed by atoms with van der Waals surface area (Å²) in [5.74, 6) is -1.55. The molecule has 2 aliphatic heterocycles. The van der Waals surface area contributed by atoms with E-state index in [1.165, 1.54) is 7.11 Å². The number of nitrogens with one attached hydrogen (secondary N) is 2. The van der Waals surface area contributed by atoms with Gasteiger partial charge in [0.15, 0.2) is 0 Å². The Labute approximate surface area is 134 Å². The molecular weight excluding hydrogens is 304 g/mol. The molecule has 1 saturated heterocycles. The molecule has 0 saturated carbocycles. The Balaban J connectivity index is 1.99. The fourth-order valence-electron chi connectivity index (χ4n) is 2.59. The van der Waals surface area contributed by atoms with E-state index in [2.05, 4.69) is 15.4 Å². The van der Waals surface area contributed by atoms with Crippen LogP contribution in [0.5, 0.6) is 0 Å². The molecule has 2 aliphatic rings. The van der Waals surface area contributed by atoms with Gasteiger partial charge >= 0.3 is 12.1 Å². The van der Waals surface area contributed by atoms with Crippen LogP contribution in [0.2, 0.25) is 0 Å². The van der Waals surface area contributed by atoms with Gasteiger partial charge in [-0.1, -0.05) is 12.2 Å². The molecule has 2 bridgehead atoms. The Morgan fingerprint density at radius 1 is 1.17 bits per heavy atom. The van der Waals surface area contributed by atoms with Gasteiger partial charge in [0.1, 0.15) is 12.1 Å². The number of alkyl carbamates (subject to hydrolysis) is 1. The second-order valence-corrected chi connectivity index (χ2v) is 6.44. The molecule has 0 aromatic carbocycles. The first-order valence-corrected chi connectivity index (χ1v) is 7.39. The summed E-state index contributed by atoms with van der Waals surface area (Å²) < 4.78 is 15.3. The van der Waals surface area contributed by atoms with E-state index in [0.717, 1.165) is 0 Å². The van der Waals surface area contributed by atoms with Gasteiger partial charge in [0.05, 0.1) is 31.3 Å². The molecule has 23 heavy (non-hydrogen) atoms. The highest BCUT2D eigenvalue weighted by Gasteiger charge is 2.50. The number of rotatable bonds is 4. The highest BCUT2D eigenvalue weighted by Crippen LogP contribution is 2.34. The van der Waals surface area contributed by atoms with E-state index in [0.29, 0.717) is 0 Å². The number of ether oxygens (including phenoxy) is 3. The summed E-state index contributed by atoms with van der Waals surface area (Å²) in [6, 6.07) is -0.544.